The molecule has 24 heavy (non-hydrogen) atoms. The Morgan fingerprint density at radius 3 is 2.83 bits per heavy atom. The van der Waals surface area contributed by atoms with Crippen LogP contribution in [-0.2, 0) is 4.65 Å². The first kappa shape index (κ1) is 16.8. The Morgan fingerprint density at radius 2 is 2.17 bits per heavy atom. The average Bonchev–Trinajstić information content (AvgIpc) is 3.03. The van der Waals surface area contributed by atoms with E-state index >= 15 is 0 Å². The number of hydrogen-bond donors (Lipinski definition) is 1. The van der Waals surface area contributed by atoms with Gasteiger partial charge in [-0.1, -0.05) is 24.3 Å². The lowest BCUT2D eigenvalue weighted by atomic mass is 9.79. The quantitative estimate of drug-likeness (QED) is 0.853. The number of benzene rings is 2. The van der Waals surface area contributed by atoms with Crippen LogP contribution >= 0.6 is 0 Å². The van der Waals surface area contributed by atoms with Gasteiger partial charge in [0.1, 0.15) is 0 Å². The van der Waals surface area contributed by atoms with Crippen LogP contribution in [0, 0.1) is 5.82 Å². The second-order valence-electron chi connectivity index (χ2n) is 5.74. The molecule has 0 unspecified atom stereocenters. The molecule has 126 valence electrons. The summed E-state index contributed by atoms with van der Waals surface area (Å²) < 4.78 is 30.7. The van der Waals surface area contributed by atoms with Gasteiger partial charge in [-0.2, -0.15) is 0 Å². The minimum Gasteiger partial charge on any atom is -0.493 e. The molecule has 1 atom stereocenters. The predicted molar refractivity (Wildman–Crippen MR) is 91.0 cm³/mol. The van der Waals surface area contributed by atoms with Crippen molar-refractivity contribution in [1.82, 2.24) is 0 Å². The van der Waals surface area contributed by atoms with Crippen LogP contribution in [0.2, 0.25) is 6.32 Å². The van der Waals surface area contributed by atoms with Gasteiger partial charge in [0.05, 0.1) is 13.7 Å². The monoisotopic (exact) mass is 330 g/mol. The molecule has 1 aliphatic heterocycles. The molecular weight excluding hydrogens is 310 g/mol. The van der Waals surface area contributed by atoms with Crippen molar-refractivity contribution in [2.45, 2.75) is 19.2 Å². The molecule has 1 heterocycles. The summed E-state index contributed by atoms with van der Waals surface area (Å²) in [7, 11) is 0.768. The van der Waals surface area contributed by atoms with E-state index in [9.17, 15) is 9.41 Å². The maximum atomic E-state index is 14.9. The lowest BCUT2D eigenvalue weighted by Gasteiger charge is -2.15. The van der Waals surface area contributed by atoms with Gasteiger partial charge in [-0.3, -0.25) is 0 Å². The van der Waals surface area contributed by atoms with Crippen molar-refractivity contribution in [3.05, 3.63) is 47.8 Å². The molecule has 1 fully saturated rings. The second-order valence-corrected chi connectivity index (χ2v) is 5.74. The summed E-state index contributed by atoms with van der Waals surface area (Å²) in [5.74, 6) is 0.188. The van der Waals surface area contributed by atoms with Crippen LogP contribution in [0.3, 0.4) is 0 Å². The minimum absolute atomic E-state index is 0.118. The first-order valence-electron chi connectivity index (χ1n) is 8.03. The third-order valence-corrected chi connectivity index (χ3v) is 4.21. The zero-order valence-corrected chi connectivity index (χ0v) is 13.8. The van der Waals surface area contributed by atoms with Gasteiger partial charge < -0.3 is 19.2 Å². The van der Waals surface area contributed by atoms with E-state index in [1.807, 2.05) is 24.3 Å². The van der Waals surface area contributed by atoms with Crippen LogP contribution in [0.15, 0.2) is 36.4 Å². The number of methoxy groups -OCH3 is 1. The van der Waals surface area contributed by atoms with Crippen molar-refractivity contribution in [2.24, 2.45) is 0 Å². The smallest absolute Gasteiger partial charge is 0.454 e. The fraction of sp³-hybridized carbons (Fsp3) is 0.333. The Morgan fingerprint density at radius 1 is 1.33 bits per heavy atom. The van der Waals surface area contributed by atoms with E-state index in [1.165, 1.54) is 7.11 Å². The van der Waals surface area contributed by atoms with Gasteiger partial charge in [-0.05, 0) is 36.5 Å². The van der Waals surface area contributed by atoms with Crippen molar-refractivity contribution in [1.29, 1.82) is 0 Å². The Bertz CT molecular complexity index is 722. The van der Waals surface area contributed by atoms with E-state index in [4.69, 9.17) is 14.1 Å². The third kappa shape index (κ3) is 3.25. The lowest BCUT2D eigenvalue weighted by molar-refractivity contribution is 0.292. The molecule has 6 heteroatoms. The Labute approximate surface area is 141 Å². The Balaban J connectivity index is 1.98. The topological polar surface area (TPSA) is 47.9 Å². The van der Waals surface area contributed by atoms with Crippen LogP contribution < -0.4 is 9.47 Å². The molecule has 4 nitrogen and oxygen atoms in total. The Hall–Kier alpha value is -2.05. The zero-order valence-electron chi connectivity index (χ0n) is 13.8. The first-order valence-corrected chi connectivity index (χ1v) is 8.03. The average molecular weight is 330 g/mol. The molecule has 0 bridgehead atoms. The highest BCUT2D eigenvalue weighted by Gasteiger charge is 2.30. The maximum Gasteiger partial charge on any atom is 0.454 e. The van der Waals surface area contributed by atoms with Crippen molar-refractivity contribution < 1.29 is 23.5 Å². The van der Waals surface area contributed by atoms with Gasteiger partial charge in [0.2, 0.25) is 0 Å². The fourth-order valence-corrected chi connectivity index (χ4v) is 3.00. The minimum atomic E-state index is -0.721. The second kappa shape index (κ2) is 7.24. The van der Waals surface area contributed by atoms with Gasteiger partial charge >= 0.3 is 7.12 Å². The summed E-state index contributed by atoms with van der Waals surface area (Å²) in [6.07, 6.45) is 0.554. The molecule has 0 saturated carbocycles. The van der Waals surface area contributed by atoms with Crippen molar-refractivity contribution in [3.8, 4) is 22.6 Å². The SMILES string of the molecule is CCOc1c(OC)ccc(-c2cccc([C@@H]3COB(O)C3)c2)c1F. The van der Waals surface area contributed by atoms with Gasteiger partial charge in [0.25, 0.3) is 0 Å². The molecule has 0 amide bonds. The number of ether oxygens (including phenoxy) is 2. The highest BCUT2D eigenvalue weighted by molar-refractivity contribution is 6.43. The summed E-state index contributed by atoms with van der Waals surface area (Å²) in [5.41, 5.74) is 2.24. The number of halogens is 1. The lowest BCUT2D eigenvalue weighted by Crippen LogP contribution is -2.07. The summed E-state index contributed by atoms with van der Waals surface area (Å²) >= 11 is 0. The molecule has 3 rings (SSSR count). The van der Waals surface area contributed by atoms with Crippen LogP contribution in [0.5, 0.6) is 11.5 Å². The maximum absolute atomic E-state index is 14.9. The van der Waals surface area contributed by atoms with Gasteiger partial charge in [0, 0.05) is 18.1 Å². The molecule has 1 N–H and O–H groups in total. The van der Waals surface area contributed by atoms with Crippen LogP contribution in [0.1, 0.15) is 18.4 Å². The predicted octanol–water partition coefficient (Wildman–Crippen LogP) is 3.49. The number of rotatable bonds is 5. The standard InChI is InChI=1S/C18H20BFO4/c1-3-23-18-16(22-2)8-7-15(17(18)20)13-6-4-5-12(9-13)14-10-19(21)24-11-14/h4-9,14,21H,3,10-11H2,1-2H3/t14-/m0/s1. The molecule has 0 aromatic heterocycles. The van der Waals surface area contributed by atoms with Gasteiger partial charge in [-0.15, -0.1) is 0 Å². The van der Waals surface area contributed by atoms with Gasteiger partial charge in [0.15, 0.2) is 17.3 Å². The van der Waals surface area contributed by atoms with Crippen molar-refractivity contribution >= 4 is 7.12 Å². The highest BCUT2D eigenvalue weighted by Crippen LogP contribution is 2.38. The molecule has 2 aromatic rings. The van der Waals surface area contributed by atoms with E-state index in [2.05, 4.69) is 0 Å². The number of hydrogen-bond acceptors (Lipinski definition) is 4. The summed E-state index contributed by atoms with van der Waals surface area (Å²) in [6, 6.07) is 11.1. The van der Waals surface area contributed by atoms with Crippen LogP contribution in [-0.4, -0.2) is 32.5 Å². The summed E-state index contributed by atoms with van der Waals surface area (Å²) in [4.78, 5) is 0. The molecule has 0 spiro atoms. The first-order chi connectivity index (χ1) is 11.6. The van der Waals surface area contributed by atoms with E-state index in [0.717, 1.165) is 11.1 Å². The van der Waals surface area contributed by atoms with Gasteiger partial charge in [-0.25, -0.2) is 4.39 Å². The Kier molecular flexibility index (Phi) is 5.07. The van der Waals surface area contributed by atoms with Crippen LogP contribution in [0.4, 0.5) is 4.39 Å². The fourth-order valence-electron chi connectivity index (χ4n) is 3.00. The molecule has 2 aromatic carbocycles. The molecule has 0 aliphatic carbocycles. The molecule has 0 radical (unpaired) electrons. The normalized spacial score (nSPS) is 17.2. The van der Waals surface area contributed by atoms with Crippen LogP contribution in [0.25, 0.3) is 11.1 Å². The van der Waals surface area contributed by atoms with E-state index in [0.29, 0.717) is 30.8 Å². The highest BCUT2D eigenvalue weighted by atomic mass is 19.1. The molecular formula is C18H20BFO4. The molecule has 1 aliphatic rings. The van der Waals surface area contributed by atoms with E-state index in [1.54, 1.807) is 19.1 Å². The third-order valence-electron chi connectivity index (χ3n) is 4.21. The summed E-state index contributed by atoms with van der Waals surface area (Å²) in [6.45, 7) is 2.63. The van der Waals surface area contributed by atoms with E-state index < -0.39 is 12.9 Å². The largest absolute Gasteiger partial charge is 0.493 e. The summed E-state index contributed by atoms with van der Waals surface area (Å²) in [5, 5.41) is 9.53. The van der Waals surface area contributed by atoms with Crippen molar-refractivity contribution in [3.63, 3.8) is 0 Å². The molecule has 1 saturated heterocycles. The van der Waals surface area contributed by atoms with Crippen molar-refractivity contribution in [2.75, 3.05) is 20.3 Å². The van der Waals surface area contributed by atoms with E-state index in [-0.39, 0.29) is 11.7 Å². The zero-order chi connectivity index (χ0) is 17.1.